The van der Waals surface area contributed by atoms with Gasteiger partial charge in [0.25, 0.3) is 0 Å². The number of unbranched alkanes of at least 4 members (excludes halogenated alkanes) is 2. The summed E-state index contributed by atoms with van der Waals surface area (Å²) in [6.07, 6.45) is 5.28. The van der Waals surface area contributed by atoms with Gasteiger partial charge in [0, 0.05) is 18.8 Å². The Kier molecular flexibility index (Phi) is 6.20. The Morgan fingerprint density at radius 1 is 1.22 bits per heavy atom. The fourth-order valence-electron chi connectivity index (χ4n) is 2.19. The Morgan fingerprint density at radius 2 is 2.00 bits per heavy atom. The second-order valence-electron chi connectivity index (χ2n) is 5.97. The lowest BCUT2D eigenvalue weighted by Crippen LogP contribution is -2.29. The molecule has 1 aromatic carbocycles. The number of nitrogen functional groups attached to an aromatic ring is 1. The van der Waals surface area contributed by atoms with Crippen LogP contribution in [0.15, 0.2) is 24.3 Å². The summed E-state index contributed by atoms with van der Waals surface area (Å²) in [5, 5.41) is 3.54. The molecule has 0 atom stereocenters. The summed E-state index contributed by atoms with van der Waals surface area (Å²) < 4.78 is 0. The van der Waals surface area contributed by atoms with Gasteiger partial charge in [0.05, 0.1) is 0 Å². The van der Waals surface area contributed by atoms with Crippen LogP contribution < -0.4 is 11.1 Å². The minimum atomic E-state index is 0.384. The normalized spacial score (nSPS) is 11.7. The van der Waals surface area contributed by atoms with Crippen molar-refractivity contribution in [1.82, 2.24) is 5.32 Å². The molecule has 2 heteroatoms. The standard InChI is InChI=1S/C16H28N2/c1-4-5-6-10-16(2,3)13-18-12-14-8-7-9-15(17)11-14/h7-9,11,18H,4-6,10,12-13,17H2,1-3H3. The molecule has 0 aromatic heterocycles. The van der Waals surface area contributed by atoms with E-state index in [2.05, 4.69) is 32.2 Å². The molecule has 2 nitrogen and oxygen atoms in total. The number of anilines is 1. The Balaban J connectivity index is 2.27. The molecule has 0 heterocycles. The van der Waals surface area contributed by atoms with E-state index in [1.165, 1.54) is 31.2 Å². The molecule has 0 unspecified atom stereocenters. The molecule has 18 heavy (non-hydrogen) atoms. The molecule has 0 saturated carbocycles. The number of benzene rings is 1. The van der Waals surface area contributed by atoms with E-state index in [1.807, 2.05) is 18.2 Å². The predicted octanol–water partition coefficient (Wildman–Crippen LogP) is 3.96. The van der Waals surface area contributed by atoms with Crippen LogP contribution in [0.1, 0.15) is 52.0 Å². The van der Waals surface area contributed by atoms with Gasteiger partial charge in [-0.25, -0.2) is 0 Å². The van der Waals surface area contributed by atoms with Crippen LogP contribution in [-0.2, 0) is 6.54 Å². The van der Waals surface area contributed by atoms with Crippen LogP contribution in [0.4, 0.5) is 5.69 Å². The molecule has 0 bridgehead atoms. The molecule has 1 rings (SSSR count). The second kappa shape index (κ2) is 7.42. The zero-order valence-corrected chi connectivity index (χ0v) is 12.1. The van der Waals surface area contributed by atoms with E-state index in [1.54, 1.807) is 0 Å². The van der Waals surface area contributed by atoms with Crippen LogP contribution >= 0.6 is 0 Å². The Labute approximate surface area is 112 Å². The average molecular weight is 248 g/mol. The Morgan fingerprint density at radius 3 is 2.67 bits per heavy atom. The first kappa shape index (κ1) is 15.0. The van der Waals surface area contributed by atoms with Crippen molar-refractivity contribution in [3.63, 3.8) is 0 Å². The molecule has 0 spiro atoms. The SMILES string of the molecule is CCCCCC(C)(C)CNCc1cccc(N)c1. The molecule has 0 aliphatic rings. The molecule has 102 valence electrons. The molecule has 3 N–H and O–H groups in total. The number of hydrogen-bond donors (Lipinski definition) is 2. The molecule has 0 radical (unpaired) electrons. The summed E-state index contributed by atoms with van der Waals surface area (Å²) in [6.45, 7) is 8.91. The van der Waals surface area contributed by atoms with Crippen LogP contribution in [0.5, 0.6) is 0 Å². The minimum absolute atomic E-state index is 0.384. The number of rotatable bonds is 8. The summed E-state index contributed by atoms with van der Waals surface area (Å²) in [4.78, 5) is 0. The Hall–Kier alpha value is -1.02. The topological polar surface area (TPSA) is 38.0 Å². The monoisotopic (exact) mass is 248 g/mol. The van der Waals surface area contributed by atoms with Crippen LogP contribution in [0.25, 0.3) is 0 Å². The summed E-state index contributed by atoms with van der Waals surface area (Å²) in [6, 6.07) is 8.10. The van der Waals surface area contributed by atoms with Crippen LogP contribution in [0, 0.1) is 5.41 Å². The molecule has 0 aliphatic heterocycles. The summed E-state index contributed by atoms with van der Waals surface area (Å²) >= 11 is 0. The highest BCUT2D eigenvalue weighted by atomic mass is 14.9. The number of nitrogens with two attached hydrogens (primary N) is 1. The van der Waals surface area contributed by atoms with Gasteiger partial charge in [-0.1, -0.05) is 52.2 Å². The van der Waals surface area contributed by atoms with E-state index in [0.29, 0.717) is 5.41 Å². The van der Waals surface area contributed by atoms with Gasteiger partial charge < -0.3 is 11.1 Å². The fraction of sp³-hybridized carbons (Fsp3) is 0.625. The summed E-state index contributed by atoms with van der Waals surface area (Å²) in [7, 11) is 0. The van der Waals surface area contributed by atoms with Crippen molar-refractivity contribution < 1.29 is 0 Å². The van der Waals surface area contributed by atoms with Crippen LogP contribution in [-0.4, -0.2) is 6.54 Å². The first-order valence-corrected chi connectivity index (χ1v) is 7.08. The van der Waals surface area contributed by atoms with E-state index in [9.17, 15) is 0 Å². The lowest BCUT2D eigenvalue weighted by Gasteiger charge is -2.25. The highest BCUT2D eigenvalue weighted by Crippen LogP contribution is 2.22. The largest absolute Gasteiger partial charge is 0.399 e. The average Bonchev–Trinajstić information content (AvgIpc) is 2.29. The van der Waals surface area contributed by atoms with E-state index in [4.69, 9.17) is 5.73 Å². The van der Waals surface area contributed by atoms with Crippen molar-refractivity contribution in [3.05, 3.63) is 29.8 Å². The van der Waals surface area contributed by atoms with E-state index >= 15 is 0 Å². The maximum Gasteiger partial charge on any atom is 0.0317 e. The van der Waals surface area contributed by atoms with Gasteiger partial charge in [-0.2, -0.15) is 0 Å². The quantitative estimate of drug-likeness (QED) is 0.540. The molecular formula is C16H28N2. The van der Waals surface area contributed by atoms with Gasteiger partial charge in [-0.15, -0.1) is 0 Å². The maximum atomic E-state index is 5.77. The molecule has 0 saturated heterocycles. The third kappa shape index (κ3) is 6.06. The second-order valence-corrected chi connectivity index (χ2v) is 5.97. The molecule has 1 aromatic rings. The highest BCUT2D eigenvalue weighted by Gasteiger charge is 2.16. The zero-order valence-electron chi connectivity index (χ0n) is 12.1. The molecule has 0 amide bonds. The van der Waals surface area contributed by atoms with Crippen molar-refractivity contribution in [3.8, 4) is 0 Å². The van der Waals surface area contributed by atoms with Crippen molar-refractivity contribution in [1.29, 1.82) is 0 Å². The molecule has 0 aliphatic carbocycles. The van der Waals surface area contributed by atoms with Crippen molar-refractivity contribution >= 4 is 5.69 Å². The van der Waals surface area contributed by atoms with Crippen molar-refractivity contribution in [2.45, 2.75) is 53.0 Å². The van der Waals surface area contributed by atoms with E-state index in [-0.39, 0.29) is 0 Å². The third-order valence-corrected chi connectivity index (χ3v) is 3.34. The number of nitrogens with one attached hydrogen (secondary N) is 1. The first-order valence-electron chi connectivity index (χ1n) is 7.08. The van der Waals surface area contributed by atoms with Crippen molar-refractivity contribution in [2.75, 3.05) is 12.3 Å². The lowest BCUT2D eigenvalue weighted by molar-refractivity contribution is 0.302. The van der Waals surface area contributed by atoms with Gasteiger partial charge in [0.2, 0.25) is 0 Å². The van der Waals surface area contributed by atoms with Crippen LogP contribution in [0.2, 0.25) is 0 Å². The van der Waals surface area contributed by atoms with Crippen molar-refractivity contribution in [2.24, 2.45) is 5.41 Å². The van der Waals surface area contributed by atoms with Gasteiger partial charge in [-0.3, -0.25) is 0 Å². The minimum Gasteiger partial charge on any atom is -0.399 e. The predicted molar refractivity (Wildman–Crippen MR) is 80.5 cm³/mol. The first-order chi connectivity index (χ1) is 8.53. The lowest BCUT2D eigenvalue weighted by atomic mass is 9.87. The van der Waals surface area contributed by atoms with Crippen LogP contribution in [0.3, 0.4) is 0 Å². The van der Waals surface area contributed by atoms with Gasteiger partial charge >= 0.3 is 0 Å². The van der Waals surface area contributed by atoms with E-state index < -0.39 is 0 Å². The van der Waals surface area contributed by atoms with E-state index in [0.717, 1.165) is 18.8 Å². The summed E-state index contributed by atoms with van der Waals surface area (Å²) in [5.74, 6) is 0. The molecular weight excluding hydrogens is 220 g/mol. The molecule has 0 fully saturated rings. The number of hydrogen-bond acceptors (Lipinski definition) is 2. The third-order valence-electron chi connectivity index (χ3n) is 3.34. The maximum absolute atomic E-state index is 5.77. The Bertz CT molecular complexity index is 345. The zero-order chi connectivity index (χ0) is 13.4. The smallest absolute Gasteiger partial charge is 0.0317 e. The summed E-state index contributed by atoms with van der Waals surface area (Å²) in [5.41, 5.74) is 8.26. The van der Waals surface area contributed by atoms with Gasteiger partial charge in [-0.05, 0) is 29.5 Å². The van der Waals surface area contributed by atoms with Gasteiger partial charge in [0.15, 0.2) is 0 Å². The van der Waals surface area contributed by atoms with Gasteiger partial charge in [0.1, 0.15) is 0 Å². The fourth-order valence-corrected chi connectivity index (χ4v) is 2.19. The highest BCUT2D eigenvalue weighted by molar-refractivity contribution is 5.40.